The number of hydrogen-bond donors (Lipinski definition) is 2. The first-order valence-corrected chi connectivity index (χ1v) is 16.9. The van der Waals surface area contributed by atoms with E-state index in [0.29, 0.717) is 72.5 Å². The van der Waals surface area contributed by atoms with Gasteiger partial charge in [0.1, 0.15) is 34.9 Å². The minimum atomic E-state index is -5.01. The Kier molecular flexibility index (Phi) is 9.44. The summed E-state index contributed by atoms with van der Waals surface area (Å²) < 4.78 is 38.8. The lowest BCUT2D eigenvalue weighted by Crippen LogP contribution is -2.56. The van der Waals surface area contributed by atoms with E-state index in [1.807, 2.05) is 0 Å². The second kappa shape index (κ2) is 12.9. The molecule has 4 aliphatic rings. The van der Waals surface area contributed by atoms with Crippen LogP contribution in [0.1, 0.15) is 87.7 Å². The van der Waals surface area contributed by atoms with Gasteiger partial charge in [-0.25, -0.2) is 4.57 Å². The van der Waals surface area contributed by atoms with Gasteiger partial charge in [-0.15, -0.1) is 0 Å². The lowest BCUT2D eigenvalue weighted by Gasteiger charge is -2.49. The number of nitrogens with zero attached hydrogens (tertiary/aromatic N) is 4. The van der Waals surface area contributed by atoms with E-state index >= 15 is 0 Å². The number of aliphatic hydroxyl groups is 1. The molecule has 250 valence electrons. The van der Waals surface area contributed by atoms with E-state index in [0.717, 1.165) is 7.11 Å². The molecule has 6 rings (SSSR count). The van der Waals surface area contributed by atoms with Crippen LogP contribution in [0.3, 0.4) is 0 Å². The quantitative estimate of drug-likeness (QED) is 0.420. The highest BCUT2D eigenvalue weighted by Crippen LogP contribution is 2.58. The molecule has 1 unspecified atom stereocenters. The number of phosphoric ester groups is 1. The topological polar surface area (TPSA) is 183 Å². The molecule has 0 aromatic heterocycles. The number of phosphoric acid groups is 1. The zero-order valence-corrected chi connectivity index (χ0v) is 27.9. The standard InChI is InChI=1S/C32H35N4O8P.CH4O/c1-31(2)29(27(35-13-5-7-25(35)37)21-15-19(17-33)9-11-23(21)41-31)43-45(39,40)44-30-28(36-14-6-8-26(36)38)22-16-20(18-34)10-12-24(22)42-32(30,3)4;1-2/h9-12,15-16,27-30H,5-8,13-14H2,1-4H3,(H,39,40);2H,1H3/t27-,28+,29+,30-;. The minimum Gasteiger partial charge on any atom is -0.485 e. The molecular formula is C33H39N4O9P. The van der Waals surface area contributed by atoms with Gasteiger partial charge in [0, 0.05) is 44.2 Å². The van der Waals surface area contributed by atoms with E-state index in [1.165, 1.54) is 0 Å². The zero-order chi connectivity index (χ0) is 34.3. The number of nitriles is 2. The summed E-state index contributed by atoms with van der Waals surface area (Å²) in [5.41, 5.74) is -0.765. The third-order valence-electron chi connectivity index (χ3n) is 8.99. The molecule has 2 fully saturated rings. The number of amides is 2. The van der Waals surface area contributed by atoms with Gasteiger partial charge in [0.2, 0.25) is 11.8 Å². The first-order chi connectivity index (χ1) is 22.2. The SMILES string of the molecule is CC1(C)Oc2ccc(C#N)cc2[C@H](N2CCCC2=O)[C@H]1OP(=O)(O)O[C@H]1[C@H](N2CCCC2=O)c2cc(C#N)ccc2OC1(C)C.CO. The molecule has 2 N–H and O–H groups in total. The lowest BCUT2D eigenvalue weighted by molar-refractivity contribution is -0.144. The van der Waals surface area contributed by atoms with Crippen LogP contribution in [-0.4, -0.2) is 75.2 Å². The zero-order valence-electron chi connectivity index (χ0n) is 27.0. The highest BCUT2D eigenvalue weighted by molar-refractivity contribution is 7.47. The number of aliphatic hydroxyl groups excluding tert-OH is 1. The third-order valence-corrected chi connectivity index (χ3v) is 9.98. The van der Waals surface area contributed by atoms with Crippen LogP contribution in [0.25, 0.3) is 0 Å². The van der Waals surface area contributed by atoms with Crippen molar-refractivity contribution >= 4 is 19.6 Å². The van der Waals surface area contributed by atoms with E-state index in [1.54, 1.807) is 73.9 Å². The van der Waals surface area contributed by atoms with Crippen molar-refractivity contribution in [2.75, 3.05) is 20.2 Å². The van der Waals surface area contributed by atoms with Crippen molar-refractivity contribution in [2.24, 2.45) is 0 Å². The molecular weight excluding hydrogens is 627 g/mol. The largest absolute Gasteiger partial charge is 0.485 e. The molecule has 0 saturated carbocycles. The molecule has 2 saturated heterocycles. The first kappa shape index (κ1) is 34.4. The number of carbonyl (C=O) groups is 2. The molecule has 2 amide bonds. The van der Waals surface area contributed by atoms with Crippen molar-refractivity contribution in [3.63, 3.8) is 0 Å². The average molecular weight is 667 g/mol. The van der Waals surface area contributed by atoms with Gasteiger partial charge >= 0.3 is 7.82 Å². The van der Waals surface area contributed by atoms with Gasteiger partial charge in [0.05, 0.1) is 35.3 Å². The van der Waals surface area contributed by atoms with Gasteiger partial charge in [-0.3, -0.25) is 18.6 Å². The predicted octanol–water partition coefficient (Wildman–Crippen LogP) is 4.28. The summed E-state index contributed by atoms with van der Waals surface area (Å²) in [7, 11) is -4.01. The Morgan fingerprint density at radius 2 is 1.17 bits per heavy atom. The van der Waals surface area contributed by atoms with E-state index in [9.17, 15) is 29.6 Å². The van der Waals surface area contributed by atoms with Crippen LogP contribution in [0.2, 0.25) is 0 Å². The summed E-state index contributed by atoms with van der Waals surface area (Å²) in [5.74, 6) is 0.591. The maximum atomic E-state index is 14.2. The number of carbonyl (C=O) groups excluding carboxylic acids is 2. The van der Waals surface area contributed by atoms with E-state index < -0.39 is 43.3 Å². The highest BCUT2D eigenvalue weighted by atomic mass is 31.2. The molecule has 4 heterocycles. The molecule has 5 atom stereocenters. The van der Waals surface area contributed by atoms with Crippen molar-refractivity contribution in [1.82, 2.24) is 9.80 Å². The Balaban J connectivity index is 0.00000213. The number of hydrogen-bond acceptors (Lipinski definition) is 10. The van der Waals surface area contributed by atoms with Crippen molar-refractivity contribution < 1.29 is 42.7 Å². The molecule has 14 heteroatoms. The van der Waals surface area contributed by atoms with Gasteiger partial charge in [0.15, 0.2) is 0 Å². The average Bonchev–Trinajstić information content (AvgIpc) is 3.65. The van der Waals surface area contributed by atoms with Crippen LogP contribution in [0.15, 0.2) is 36.4 Å². The second-order valence-corrected chi connectivity index (χ2v) is 14.3. The molecule has 0 radical (unpaired) electrons. The van der Waals surface area contributed by atoms with Crippen molar-refractivity contribution in [3.05, 3.63) is 58.7 Å². The maximum Gasteiger partial charge on any atom is 0.473 e. The summed E-state index contributed by atoms with van der Waals surface area (Å²) >= 11 is 0. The van der Waals surface area contributed by atoms with Gasteiger partial charge in [-0.1, -0.05) is 0 Å². The molecule has 4 aliphatic heterocycles. The van der Waals surface area contributed by atoms with Gasteiger partial charge in [-0.2, -0.15) is 10.5 Å². The second-order valence-electron chi connectivity index (χ2n) is 12.9. The third kappa shape index (κ3) is 6.47. The van der Waals surface area contributed by atoms with Crippen LogP contribution in [0.5, 0.6) is 11.5 Å². The van der Waals surface area contributed by atoms with Gasteiger partial charge in [-0.05, 0) is 76.9 Å². The van der Waals surface area contributed by atoms with Crippen LogP contribution in [-0.2, 0) is 23.2 Å². The van der Waals surface area contributed by atoms with E-state index in [-0.39, 0.29) is 11.8 Å². The molecule has 13 nitrogen and oxygen atoms in total. The Morgan fingerprint density at radius 3 is 1.49 bits per heavy atom. The lowest BCUT2D eigenvalue weighted by atomic mass is 9.85. The first-order valence-electron chi connectivity index (χ1n) is 15.4. The van der Waals surface area contributed by atoms with Crippen LogP contribution < -0.4 is 9.47 Å². The summed E-state index contributed by atoms with van der Waals surface area (Å²) in [5, 5.41) is 26.2. The Labute approximate surface area is 273 Å². The van der Waals surface area contributed by atoms with Crippen LogP contribution in [0.4, 0.5) is 0 Å². The predicted molar refractivity (Wildman–Crippen MR) is 167 cm³/mol. The molecule has 0 spiro atoms. The number of likely N-dealkylation sites (tertiary alicyclic amines) is 2. The molecule has 2 aromatic carbocycles. The summed E-state index contributed by atoms with van der Waals surface area (Å²) in [4.78, 5) is 40.9. The van der Waals surface area contributed by atoms with Crippen molar-refractivity contribution in [3.8, 4) is 23.6 Å². The van der Waals surface area contributed by atoms with Gasteiger partial charge < -0.3 is 29.3 Å². The number of benzene rings is 2. The molecule has 0 aliphatic carbocycles. The number of fused-ring (bicyclic) bond motifs is 2. The van der Waals surface area contributed by atoms with Crippen molar-refractivity contribution in [1.29, 1.82) is 10.5 Å². The number of rotatable bonds is 6. The molecule has 47 heavy (non-hydrogen) atoms. The van der Waals surface area contributed by atoms with Crippen molar-refractivity contribution in [2.45, 2.75) is 88.9 Å². The van der Waals surface area contributed by atoms with Crippen LogP contribution in [0, 0.1) is 22.7 Å². The smallest absolute Gasteiger partial charge is 0.473 e. The number of ether oxygens (including phenoxy) is 2. The normalized spacial score (nSPS) is 26.7. The van der Waals surface area contributed by atoms with E-state index in [4.69, 9.17) is 23.6 Å². The monoisotopic (exact) mass is 666 g/mol. The van der Waals surface area contributed by atoms with Gasteiger partial charge in [0.25, 0.3) is 0 Å². The highest BCUT2D eigenvalue weighted by Gasteiger charge is 2.56. The Bertz CT molecular complexity index is 1580. The fourth-order valence-corrected chi connectivity index (χ4v) is 8.29. The summed E-state index contributed by atoms with van der Waals surface area (Å²) in [6.07, 6.45) is -0.536. The summed E-state index contributed by atoms with van der Waals surface area (Å²) in [6, 6.07) is 12.3. The Morgan fingerprint density at radius 1 is 0.787 bits per heavy atom. The minimum absolute atomic E-state index is 0.146. The fourth-order valence-electron chi connectivity index (χ4n) is 6.92. The molecule has 0 bridgehead atoms. The van der Waals surface area contributed by atoms with Crippen LogP contribution >= 0.6 is 7.82 Å². The maximum absolute atomic E-state index is 14.2. The fraction of sp³-hybridized carbons (Fsp3) is 0.515. The summed E-state index contributed by atoms with van der Waals surface area (Å²) in [6.45, 7) is 7.59. The molecule has 2 aromatic rings. The Hall–Kier alpha value is -3.97. The van der Waals surface area contributed by atoms with E-state index in [2.05, 4.69) is 12.1 Å².